The zero-order valence-corrected chi connectivity index (χ0v) is 11.0. The molecule has 3 nitrogen and oxygen atoms in total. The number of hydrogen-bond donors (Lipinski definition) is 1. The Labute approximate surface area is 116 Å². The highest BCUT2D eigenvalue weighted by molar-refractivity contribution is 5.76. The van der Waals surface area contributed by atoms with Gasteiger partial charge in [0.2, 0.25) is 5.89 Å². The first-order chi connectivity index (χ1) is 9.76. The first kappa shape index (κ1) is 12.8. The number of rotatable bonds is 4. The zero-order chi connectivity index (χ0) is 13.9. The Morgan fingerprint density at radius 1 is 1.10 bits per heavy atom. The third-order valence-corrected chi connectivity index (χ3v) is 3.21. The summed E-state index contributed by atoms with van der Waals surface area (Å²) in [5.74, 6) is 0.241. The van der Waals surface area contributed by atoms with E-state index in [9.17, 15) is 4.39 Å². The average molecular weight is 270 g/mol. The van der Waals surface area contributed by atoms with Crippen molar-refractivity contribution in [3.8, 4) is 11.5 Å². The molecule has 102 valence electrons. The van der Waals surface area contributed by atoms with Crippen LogP contribution >= 0.6 is 0 Å². The van der Waals surface area contributed by atoms with Crippen molar-refractivity contribution >= 4 is 11.1 Å². The second-order valence-corrected chi connectivity index (χ2v) is 4.72. The maximum absolute atomic E-state index is 12.9. The first-order valence-electron chi connectivity index (χ1n) is 6.62. The van der Waals surface area contributed by atoms with Crippen LogP contribution in [0.3, 0.4) is 0 Å². The molecular weight excluding hydrogens is 255 g/mol. The van der Waals surface area contributed by atoms with Crippen LogP contribution in [0, 0.1) is 5.82 Å². The van der Waals surface area contributed by atoms with Crippen molar-refractivity contribution in [2.24, 2.45) is 5.73 Å². The van der Waals surface area contributed by atoms with Crippen molar-refractivity contribution in [1.29, 1.82) is 0 Å². The normalized spacial score (nSPS) is 11.1. The third-order valence-electron chi connectivity index (χ3n) is 3.21. The Kier molecular flexibility index (Phi) is 3.48. The molecule has 20 heavy (non-hydrogen) atoms. The number of oxazole rings is 1. The van der Waals surface area contributed by atoms with E-state index in [1.165, 1.54) is 17.7 Å². The number of fused-ring (bicyclic) bond motifs is 1. The summed E-state index contributed by atoms with van der Waals surface area (Å²) in [6.45, 7) is 0.678. The lowest BCUT2D eigenvalue weighted by atomic mass is 10.1. The van der Waals surface area contributed by atoms with Gasteiger partial charge in [0.1, 0.15) is 11.3 Å². The molecule has 4 heteroatoms. The number of aromatic nitrogens is 1. The molecule has 3 rings (SSSR count). The van der Waals surface area contributed by atoms with Crippen LogP contribution in [0.25, 0.3) is 22.6 Å². The lowest BCUT2D eigenvalue weighted by Gasteiger charge is -1.97. The van der Waals surface area contributed by atoms with Crippen LogP contribution in [-0.4, -0.2) is 11.5 Å². The summed E-state index contributed by atoms with van der Waals surface area (Å²) in [5, 5.41) is 0. The fourth-order valence-electron chi connectivity index (χ4n) is 2.15. The Morgan fingerprint density at radius 3 is 2.65 bits per heavy atom. The lowest BCUT2D eigenvalue weighted by molar-refractivity contribution is 0.616. The second kappa shape index (κ2) is 5.43. The zero-order valence-electron chi connectivity index (χ0n) is 11.0. The predicted molar refractivity (Wildman–Crippen MR) is 76.8 cm³/mol. The van der Waals surface area contributed by atoms with E-state index in [0.29, 0.717) is 12.4 Å². The lowest BCUT2D eigenvalue weighted by Crippen LogP contribution is -2.00. The van der Waals surface area contributed by atoms with Gasteiger partial charge in [0.15, 0.2) is 5.58 Å². The summed E-state index contributed by atoms with van der Waals surface area (Å²) < 4.78 is 18.6. The maximum Gasteiger partial charge on any atom is 0.227 e. The SMILES string of the molecule is NCCCc1ccc2oc(-c3ccc(F)cc3)nc2c1. The second-order valence-electron chi connectivity index (χ2n) is 4.72. The van der Waals surface area contributed by atoms with Gasteiger partial charge in [-0.05, 0) is 61.3 Å². The topological polar surface area (TPSA) is 52.0 Å². The van der Waals surface area contributed by atoms with E-state index >= 15 is 0 Å². The van der Waals surface area contributed by atoms with E-state index in [4.69, 9.17) is 10.2 Å². The smallest absolute Gasteiger partial charge is 0.227 e. The van der Waals surface area contributed by atoms with Crippen LogP contribution in [0.4, 0.5) is 4.39 Å². The molecule has 0 unspecified atom stereocenters. The van der Waals surface area contributed by atoms with Gasteiger partial charge in [-0.15, -0.1) is 0 Å². The van der Waals surface area contributed by atoms with Gasteiger partial charge in [-0.2, -0.15) is 0 Å². The predicted octanol–water partition coefficient (Wildman–Crippen LogP) is 3.53. The Morgan fingerprint density at radius 2 is 1.90 bits per heavy atom. The van der Waals surface area contributed by atoms with E-state index < -0.39 is 0 Å². The van der Waals surface area contributed by atoms with Crippen molar-refractivity contribution in [3.63, 3.8) is 0 Å². The fraction of sp³-hybridized carbons (Fsp3) is 0.188. The van der Waals surface area contributed by atoms with Gasteiger partial charge < -0.3 is 10.2 Å². The van der Waals surface area contributed by atoms with Crippen molar-refractivity contribution in [3.05, 3.63) is 53.8 Å². The summed E-state index contributed by atoms with van der Waals surface area (Å²) in [7, 11) is 0. The quantitative estimate of drug-likeness (QED) is 0.789. The van der Waals surface area contributed by atoms with Crippen molar-refractivity contribution in [1.82, 2.24) is 4.98 Å². The van der Waals surface area contributed by atoms with Gasteiger partial charge in [0.05, 0.1) is 0 Å². The molecule has 0 bridgehead atoms. The van der Waals surface area contributed by atoms with Crippen LogP contribution < -0.4 is 5.73 Å². The molecule has 0 saturated carbocycles. The molecule has 0 aliphatic rings. The minimum absolute atomic E-state index is 0.270. The van der Waals surface area contributed by atoms with Crippen LogP contribution in [-0.2, 0) is 6.42 Å². The molecule has 2 aromatic carbocycles. The average Bonchev–Trinajstić information content (AvgIpc) is 2.89. The molecule has 0 fully saturated rings. The van der Waals surface area contributed by atoms with E-state index in [1.807, 2.05) is 18.2 Å². The largest absolute Gasteiger partial charge is 0.436 e. The van der Waals surface area contributed by atoms with Crippen molar-refractivity contribution < 1.29 is 8.81 Å². The minimum Gasteiger partial charge on any atom is -0.436 e. The number of nitrogens with two attached hydrogens (primary N) is 1. The summed E-state index contributed by atoms with van der Waals surface area (Å²) in [5.41, 5.74) is 9.04. The third kappa shape index (κ3) is 2.56. The van der Waals surface area contributed by atoms with Crippen LogP contribution in [0.5, 0.6) is 0 Å². The van der Waals surface area contributed by atoms with Gasteiger partial charge >= 0.3 is 0 Å². The van der Waals surface area contributed by atoms with Gasteiger partial charge in [-0.25, -0.2) is 9.37 Å². The van der Waals surface area contributed by atoms with Gasteiger partial charge in [0, 0.05) is 5.56 Å². The first-order valence-corrected chi connectivity index (χ1v) is 6.62. The molecule has 0 aliphatic carbocycles. The number of hydrogen-bond acceptors (Lipinski definition) is 3. The Balaban J connectivity index is 1.95. The summed E-state index contributed by atoms with van der Waals surface area (Å²) in [4.78, 5) is 4.46. The molecular formula is C16H15FN2O. The minimum atomic E-state index is -0.270. The van der Waals surface area contributed by atoms with Gasteiger partial charge in [-0.1, -0.05) is 6.07 Å². The summed E-state index contributed by atoms with van der Waals surface area (Å²) in [6, 6.07) is 12.1. The molecule has 0 saturated heterocycles. The van der Waals surface area contributed by atoms with Gasteiger partial charge in [-0.3, -0.25) is 0 Å². The highest BCUT2D eigenvalue weighted by atomic mass is 19.1. The molecule has 0 amide bonds. The molecule has 1 heterocycles. The molecule has 3 aromatic rings. The highest BCUT2D eigenvalue weighted by Crippen LogP contribution is 2.25. The van der Waals surface area contributed by atoms with Crippen LogP contribution in [0.2, 0.25) is 0 Å². The van der Waals surface area contributed by atoms with Crippen LogP contribution in [0.1, 0.15) is 12.0 Å². The molecule has 0 aliphatic heterocycles. The van der Waals surface area contributed by atoms with E-state index in [-0.39, 0.29) is 5.82 Å². The molecule has 2 N–H and O–H groups in total. The number of aryl methyl sites for hydroxylation is 1. The highest BCUT2D eigenvalue weighted by Gasteiger charge is 2.08. The molecule has 0 atom stereocenters. The van der Waals surface area contributed by atoms with Crippen molar-refractivity contribution in [2.45, 2.75) is 12.8 Å². The molecule has 0 radical (unpaired) electrons. The number of nitrogens with zero attached hydrogens (tertiary/aromatic N) is 1. The standard InChI is InChI=1S/C16H15FN2O/c17-13-6-4-12(5-7-13)16-19-14-10-11(2-1-9-18)3-8-15(14)20-16/h3-8,10H,1-2,9,18H2. The van der Waals surface area contributed by atoms with Crippen molar-refractivity contribution in [2.75, 3.05) is 6.54 Å². The molecule has 1 aromatic heterocycles. The van der Waals surface area contributed by atoms with E-state index in [1.54, 1.807) is 12.1 Å². The number of benzene rings is 2. The fourth-order valence-corrected chi connectivity index (χ4v) is 2.15. The van der Waals surface area contributed by atoms with E-state index in [0.717, 1.165) is 29.5 Å². The monoisotopic (exact) mass is 270 g/mol. The number of halogens is 1. The van der Waals surface area contributed by atoms with Crippen LogP contribution in [0.15, 0.2) is 46.9 Å². The Hall–Kier alpha value is -2.20. The van der Waals surface area contributed by atoms with Gasteiger partial charge in [0.25, 0.3) is 0 Å². The van der Waals surface area contributed by atoms with E-state index in [2.05, 4.69) is 4.98 Å². The Bertz CT molecular complexity index is 719. The maximum atomic E-state index is 12.9. The summed E-state index contributed by atoms with van der Waals surface area (Å²) >= 11 is 0. The summed E-state index contributed by atoms with van der Waals surface area (Å²) in [6.07, 6.45) is 1.89. The molecule has 0 spiro atoms.